The van der Waals surface area contributed by atoms with E-state index < -0.39 is 6.10 Å². The average Bonchev–Trinajstić information content (AvgIpc) is 3.09. The summed E-state index contributed by atoms with van der Waals surface area (Å²) in [6, 6.07) is 0. The number of aliphatic hydroxyl groups excluding tert-OH is 1. The van der Waals surface area contributed by atoms with Crippen molar-refractivity contribution in [1.29, 1.82) is 0 Å². The summed E-state index contributed by atoms with van der Waals surface area (Å²) in [4.78, 5) is 23.8. The summed E-state index contributed by atoms with van der Waals surface area (Å²) in [5.41, 5.74) is 0.425. The smallest absolute Gasteiger partial charge is 0.306 e. The Balaban J connectivity index is 0.000001000. The molecule has 1 N–H and O–H groups in total. The van der Waals surface area contributed by atoms with Crippen LogP contribution in [0.1, 0.15) is 58.8 Å². The van der Waals surface area contributed by atoms with Crippen LogP contribution in [0.3, 0.4) is 0 Å². The van der Waals surface area contributed by atoms with Crippen LogP contribution in [-0.4, -0.2) is 28.6 Å². The van der Waals surface area contributed by atoms with Crippen molar-refractivity contribution in [2.24, 2.45) is 28.6 Å². The summed E-state index contributed by atoms with van der Waals surface area (Å²) in [5.74, 6) is 0.989. The second-order valence-electron chi connectivity index (χ2n) is 9.75. The van der Waals surface area contributed by atoms with Crippen LogP contribution in [0.25, 0.3) is 0 Å². The van der Waals surface area contributed by atoms with Gasteiger partial charge in [0.15, 0.2) is 5.78 Å². The number of aliphatic hydroxyl groups is 1. The summed E-state index contributed by atoms with van der Waals surface area (Å²) in [7, 11) is 0. The molecule has 164 valence electrons. The van der Waals surface area contributed by atoms with Gasteiger partial charge in [0.2, 0.25) is 0 Å². The molecule has 1 spiro atoms. The van der Waals surface area contributed by atoms with Gasteiger partial charge in [0.1, 0.15) is 5.60 Å². The average molecular weight is 459 g/mol. The highest BCUT2D eigenvalue weighted by atomic mass is 32.1. The molecule has 1 saturated heterocycles. The zero-order valence-electron chi connectivity index (χ0n) is 17.2. The van der Waals surface area contributed by atoms with Gasteiger partial charge >= 0.3 is 5.97 Å². The lowest BCUT2D eigenvalue weighted by Crippen LogP contribution is -2.58. The van der Waals surface area contributed by atoms with Crippen molar-refractivity contribution in [1.82, 2.24) is 0 Å². The van der Waals surface area contributed by atoms with Gasteiger partial charge in [0.25, 0.3) is 0 Å². The van der Waals surface area contributed by atoms with E-state index in [0.717, 1.165) is 31.3 Å². The SMILES string of the molecule is C[C@]12CCC(=O)C=C1C=C[C@@H]1C2C(O)C[C@@]2(C)C1CC[C@@]21CCC(=O)O1.S.S.S. The van der Waals surface area contributed by atoms with E-state index in [2.05, 4.69) is 26.0 Å². The summed E-state index contributed by atoms with van der Waals surface area (Å²) in [5, 5.41) is 11.3. The largest absolute Gasteiger partial charge is 0.458 e. The fourth-order valence-electron chi connectivity index (χ4n) is 7.41. The molecule has 4 aliphatic carbocycles. The molecule has 29 heavy (non-hydrogen) atoms. The van der Waals surface area contributed by atoms with Crippen LogP contribution in [0, 0.1) is 28.6 Å². The molecule has 0 aromatic heterocycles. The van der Waals surface area contributed by atoms with Crippen molar-refractivity contribution in [3.63, 3.8) is 0 Å². The van der Waals surface area contributed by atoms with Crippen molar-refractivity contribution in [2.75, 3.05) is 0 Å². The normalized spacial score (nSPS) is 46.9. The third kappa shape index (κ3) is 3.17. The van der Waals surface area contributed by atoms with Crippen molar-refractivity contribution in [3.8, 4) is 0 Å². The Morgan fingerprint density at radius 1 is 1.07 bits per heavy atom. The molecule has 2 saturated carbocycles. The van der Waals surface area contributed by atoms with E-state index >= 15 is 0 Å². The highest BCUT2D eigenvalue weighted by molar-refractivity contribution is 7.59. The Kier molecular flexibility index (Phi) is 6.83. The van der Waals surface area contributed by atoms with E-state index in [-0.39, 0.29) is 80.5 Å². The maximum absolute atomic E-state index is 11.9. The molecule has 4 nitrogen and oxygen atoms in total. The summed E-state index contributed by atoms with van der Waals surface area (Å²) in [6.07, 6.45) is 11.1. The second-order valence-corrected chi connectivity index (χ2v) is 9.75. The highest BCUT2D eigenvalue weighted by Gasteiger charge is 2.68. The predicted molar refractivity (Wildman–Crippen MR) is 127 cm³/mol. The molecule has 7 heteroatoms. The van der Waals surface area contributed by atoms with E-state index in [0.29, 0.717) is 25.2 Å². The van der Waals surface area contributed by atoms with Crippen molar-refractivity contribution in [3.05, 3.63) is 23.8 Å². The van der Waals surface area contributed by atoms with E-state index in [1.807, 2.05) is 0 Å². The van der Waals surface area contributed by atoms with Gasteiger partial charge in [-0.05, 0) is 61.0 Å². The molecular weight excluding hydrogens is 424 g/mol. The number of esters is 1. The van der Waals surface area contributed by atoms with Crippen molar-refractivity contribution in [2.45, 2.75) is 70.5 Å². The van der Waals surface area contributed by atoms with E-state index in [1.54, 1.807) is 6.08 Å². The molecule has 5 rings (SSSR count). The number of fused-ring (bicyclic) bond motifs is 6. The van der Waals surface area contributed by atoms with Gasteiger partial charge in [-0.3, -0.25) is 9.59 Å². The zero-order chi connectivity index (χ0) is 18.3. The third-order valence-corrected chi connectivity index (χ3v) is 8.79. The van der Waals surface area contributed by atoms with E-state index in [1.165, 1.54) is 0 Å². The van der Waals surface area contributed by atoms with Crippen LogP contribution in [0.5, 0.6) is 0 Å². The Hall–Kier alpha value is -0.370. The maximum atomic E-state index is 11.9. The Labute approximate surface area is 194 Å². The Bertz CT molecular complexity index is 765. The molecule has 1 aliphatic heterocycles. The minimum atomic E-state index is -0.429. The van der Waals surface area contributed by atoms with Gasteiger partial charge < -0.3 is 9.84 Å². The predicted octanol–water partition coefficient (Wildman–Crippen LogP) is 3.68. The molecule has 1 heterocycles. The first kappa shape index (κ1) is 24.9. The molecule has 0 amide bonds. The van der Waals surface area contributed by atoms with Crippen molar-refractivity contribution < 1.29 is 19.4 Å². The lowest BCUT2D eigenvalue weighted by Gasteiger charge is -2.58. The molecule has 3 unspecified atom stereocenters. The van der Waals surface area contributed by atoms with Crippen LogP contribution in [0.15, 0.2) is 23.8 Å². The topological polar surface area (TPSA) is 63.6 Å². The molecule has 5 aliphatic rings. The molecular formula is C22H34O4S3. The molecule has 0 aromatic carbocycles. The first-order chi connectivity index (χ1) is 12.3. The van der Waals surface area contributed by atoms with Crippen LogP contribution in [0.2, 0.25) is 0 Å². The third-order valence-electron chi connectivity index (χ3n) is 8.79. The standard InChI is InChI=1S/C22H28O4.3H2S/c1-20-8-5-14(23)11-13(20)3-4-15-16-6-9-22(10-7-18(25)26-22)21(16,2)12-17(24)19(15)20;;;/h3-4,11,15-17,19,24H,5-10,12H2,1-2H3;3*1H2/t15-,16?,17?,19?,20-,21-,22+;;;/m0.../s1. The number of carbonyl (C=O) groups excluding carboxylic acids is 2. The summed E-state index contributed by atoms with van der Waals surface area (Å²) < 4.78 is 5.93. The van der Waals surface area contributed by atoms with Gasteiger partial charge in [-0.25, -0.2) is 0 Å². The number of ketones is 1. The minimum Gasteiger partial charge on any atom is -0.458 e. The maximum Gasteiger partial charge on any atom is 0.306 e. The molecule has 3 fully saturated rings. The summed E-state index contributed by atoms with van der Waals surface area (Å²) in [6.45, 7) is 4.48. The fraction of sp³-hybridized carbons (Fsp3) is 0.727. The Morgan fingerprint density at radius 3 is 2.45 bits per heavy atom. The van der Waals surface area contributed by atoms with Gasteiger partial charge in [0.05, 0.1) is 6.10 Å². The number of rotatable bonds is 0. The fourth-order valence-corrected chi connectivity index (χ4v) is 7.41. The quantitative estimate of drug-likeness (QED) is 0.563. The zero-order valence-corrected chi connectivity index (χ0v) is 20.2. The second kappa shape index (κ2) is 7.95. The lowest BCUT2D eigenvalue weighted by atomic mass is 9.47. The number of hydrogen-bond donors (Lipinski definition) is 1. The Morgan fingerprint density at radius 2 is 1.79 bits per heavy atom. The van der Waals surface area contributed by atoms with E-state index in [9.17, 15) is 14.7 Å². The minimum absolute atomic E-state index is 0. The first-order valence-corrected chi connectivity index (χ1v) is 10.1. The molecule has 0 radical (unpaired) electrons. The van der Waals surface area contributed by atoms with Crippen molar-refractivity contribution >= 4 is 52.2 Å². The molecule has 0 aromatic rings. The number of carbonyl (C=O) groups is 2. The number of hydrogen-bond acceptors (Lipinski definition) is 4. The van der Waals surface area contributed by atoms with Gasteiger partial charge in [-0.1, -0.05) is 26.0 Å². The van der Waals surface area contributed by atoms with E-state index in [4.69, 9.17) is 4.74 Å². The monoisotopic (exact) mass is 458 g/mol. The number of ether oxygens (including phenoxy) is 1. The van der Waals surface area contributed by atoms with Crippen LogP contribution in [0.4, 0.5) is 0 Å². The summed E-state index contributed by atoms with van der Waals surface area (Å²) >= 11 is 0. The molecule has 7 atom stereocenters. The molecule has 0 bridgehead atoms. The van der Waals surface area contributed by atoms with Crippen LogP contribution in [-0.2, 0) is 14.3 Å². The lowest BCUT2D eigenvalue weighted by molar-refractivity contribution is -0.177. The highest BCUT2D eigenvalue weighted by Crippen LogP contribution is 2.68. The van der Waals surface area contributed by atoms with Gasteiger partial charge in [0, 0.05) is 24.2 Å². The van der Waals surface area contributed by atoms with Gasteiger partial charge in [-0.15, -0.1) is 0 Å². The van der Waals surface area contributed by atoms with Crippen LogP contribution < -0.4 is 0 Å². The number of allylic oxidation sites excluding steroid dienone is 4. The first-order valence-electron chi connectivity index (χ1n) is 10.1. The van der Waals surface area contributed by atoms with Gasteiger partial charge in [-0.2, -0.15) is 40.5 Å². The van der Waals surface area contributed by atoms with Crippen LogP contribution >= 0.6 is 40.5 Å².